The summed E-state index contributed by atoms with van der Waals surface area (Å²) in [5.74, 6) is 0.389. The van der Waals surface area contributed by atoms with E-state index in [-0.39, 0.29) is 12.5 Å². The molecular weight excluding hydrogens is 376 g/mol. The Balaban J connectivity index is 2.04. The first kappa shape index (κ1) is 21.8. The zero-order valence-corrected chi connectivity index (χ0v) is 17.6. The minimum atomic E-state index is -3.62. The number of nitrogens with one attached hydrogen (secondary N) is 1. The number of carbonyl (C=O) groups is 1. The number of amides is 1. The van der Waals surface area contributed by atoms with Crippen molar-refractivity contribution in [2.24, 2.45) is 0 Å². The van der Waals surface area contributed by atoms with Crippen LogP contribution in [0.25, 0.3) is 0 Å². The van der Waals surface area contributed by atoms with Crippen molar-refractivity contribution in [2.75, 3.05) is 23.7 Å². The van der Waals surface area contributed by atoms with Gasteiger partial charge in [0.05, 0.1) is 18.5 Å². The second-order valence-electron chi connectivity index (χ2n) is 6.77. The first-order valence-corrected chi connectivity index (χ1v) is 11.1. The summed E-state index contributed by atoms with van der Waals surface area (Å²) in [7, 11) is -3.62. The lowest BCUT2D eigenvalue weighted by atomic mass is 10.1. The molecule has 0 radical (unpaired) electrons. The molecule has 1 atom stereocenters. The van der Waals surface area contributed by atoms with E-state index in [0.717, 1.165) is 23.1 Å². The van der Waals surface area contributed by atoms with Gasteiger partial charge in [0.2, 0.25) is 15.9 Å². The minimum absolute atomic E-state index is 0.286. The predicted octanol–water partition coefficient (Wildman–Crippen LogP) is 3.04. The Hall–Kier alpha value is -2.54. The number of rotatable bonds is 9. The van der Waals surface area contributed by atoms with Gasteiger partial charge in [-0.1, -0.05) is 36.8 Å². The predicted molar refractivity (Wildman–Crippen MR) is 112 cm³/mol. The van der Waals surface area contributed by atoms with E-state index < -0.39 is 16.1 Å². The van der Waals surface area contributed by atoms with Gasteiger partial charge in [0, 0.05) is 0 Å². The van der Waals surface area contributed by atoms with Crippen molar-refractivity contribution in [1.82, 2.24) is 5.32 Å². The number of carbonyl (C=O) groups excluding carboxylic acids is 1. The molecule has 6 nitrogen and oxygen atoms in total. The third-order valence-corrected chi connectivity index (χ3v) is 5.46. The van der Waals surface area contributed by atoms with Crippen LogP contribution in [0.4, 0.5) is 5.69 Å². The summed E-state index contributed by atoms with van der Waals surface area (Å²) in [5.41, 5.74) is 2.59. The van der Waals surface area contributed by atoms with Gasteiger partial charge in [-0.25, -0.2) is 8.42 Å². The van der Waals surface area contributed by atoms with Crippen LogP contribution in [-0.4, -0.2) is 39.8 Å². The van der Waals surface area contributed by atoms with E-state index in [1.165, 1.54) is 4.31 Å². The SMILES string of the molecule is CC[C@H](C(=O)NCCOc1cccc(C)c1)N(c1ccc(C)cc1)S(C)(=O)=O. The number of aryl methyl sites for hydroxylation is 2. The molecule has 0 saturated heterocycles. The molecule has 0 fully saturated rings. The largest absolute Gasteiger partial charge is 0.492 e. The second-order valence-corrected chi connectivity index (χ2v) is 8.63. The standard InChI is InChI=1S/C21H28N2O4S/c1-5-20(23(28(4,25)26)18-11-9-16(2)10-12-18)21(24)22-13-14-27-19-8-6-7-17(3)15-19/h6-12,15,20H,5,13-14H2,1-4H3,(H,22,24)/t20-/m1/s1. The van der Waals surface area contributed by atoms with Crippen molar-refractivity contribution in [2.45, 2.75) is 33.2 Å². The van der Waals surface area contributed by atoms with Gasteiger partial charge in [-0.3, -0.25) is 9.10 Å². The Labute approximate surface area is 167 Å². The summed E-state index contributed by atoms with van der Waals surface area (Å²) in [4.78, 5) is 12.7. The molecule has 2 rings (SSSR count). The second kappa shape index (κ2) is 9.59. The van der Waals surface area contributed by atoms with Crippen LogP contribution in [0, 0.1) is 13.8 Å². The molecule has 0 unspecified atom stereocenters. The van der Waals surface area contributed by atoms with Gasteiger partial charge < -0.3 is 10.1 Å². The van der Waals surface area contributed by atoms with Gasteiger partial charge in [-0.2, -0.15) is 0 Å². The molecule has 2 aromatic carbocycles. The summed E-state index contributed by atoms with van der Waals surface area (Å²) in [6.07, 6.45) is 1.47. The highest BCUT2D eigenvalue weighted by atomic mass is 32.2. The van der Waals surface area contributed by atoms with Crippen LogP contribution < -0.4 is 14.4 Å². The van der Waals surface area contributed by atoms with Crippen molar-refractivity contribution < 1.29 is 17.9 Å². The molecule has 0 aliphatic heterocycles. The van der Waals surface area contributed by atoms with E-state index in [0.29, 0.717) is 18.7 Å². The molecule has 1 N–H and O–H groups in total. The zero-order valence-electron chi connectivity index (χ0n) is 16.8. The fourth-order valence-electron chi connectivity index (χ4n) is 2.92. The van der Waals surface area contributed by atoms with Crippen LogP contribution in [0.3, 0.4) is 0 Å². The number of benzene rings is 2. The van der Waals surface area contributed by atoms with Crippen LogP contribution in [0.2, 0.25) is 0 Å². The fraction of sp³-hybridized carbons (Fsp3) is 0.381. The number of ether oxygens (including phenoxy) is 1. The summed E-state index contributed by atoms with van der Waals surface area (Å²) in [6.45, 7) is 6.28. The highest BCUT2D eigenvalue weighted by Crippen LogP contribution is 2.23. The van der Waals surface area contributed by atoms with Crippen LogP contribution in [-0.2, 0) is 14.8 Å². The number of hydrogen-bond donors (Lipinski definition) is 1. The van der Waals surface area contributed by atoms with E-state index in [2.05, 4.69) is 5.32 Å². The van der Waals surface area contributed by atoms with Crippen molar-refractivity contribution in [3.8, 4) is 5.75 Å². The van der Waals surface area contributed by atoms with Gasteiger partial charge >= 0.3 is 0 Å². The Kier molecular flexibility index (Phi) is 7.45. The van der Waals surface area contributed by atoms with Gasteiger partial charge in [0.25, 0.3) is 0 Å². The van der Waals surface area contributed by atoms with E-state index in [4.69, 9.17) is 4.74 Å². The minimum Gasteiger partial charge on any atom is -0.492 e. The maximum absolute atomic E-state index is 12.7. The van der Waals surface area contributed by atoms with Crippen LogP contribution in [0.5, 0.6) is 5.75 Å². The van der Waals surface area contributed by atoms with E-state index in [1.807, 2.05) is 50.2 Å². The van der Waals surface area contributed by atoms with Crippen LogP contribution in [0.15, 0.2) is 48.5 Å². The maximum atomic E-state index is 12.7. The van der Waals surface area contributed by atoms with E-state index in [9.17, 15) is 13.2 Å². The smallest absolute Gasteiger partial charge is 0.244 e. The lowest BCUT2D eigenvalue weighted by molar-refractivity contribution is -0.122. The molecule has 0 aliphatic rings. The zero-order chi connectivity index (χ0) is 20.7. The molecule has 2 aromatic rings. The molecule has 0 saturated carbocycles. The van der Waals surface area contributed by atoms with Crippen LogP contribution in [0.1, 0.15) is 24.5 Å². The Morgan fingerprint density at radius 1 is 1.11 bits per heavy atom. The van der Waals surface area contributed by atoms with Crippen molar-refractivity contribution in [1.29, 1.82) is 0 Å². The summed E-state index contributed by atoms with van der Waals surface area (Å²) in [5, 5.41) is 2.78. The third kappa shape index (κ3) is 5.99. The molecule has 0 heterocycles. The summed E-state index contributed by atoms with van der Waals surface area (Å²) >= 11 is 0. The monoisotopic (exact) mass is 404 g/mol. The first-order chi connectivity index (χ1) is 13.2. The molecule has 0 bridgehead atoms. The molecule has 0 aliphatic carbocycles. The van der Waals surface area contributed by atoms with Gasteiger partial charge in [0.1, 0.15) is 18.4 Å². The fourth-order valence-corrected chi connectivity index (χ4v) is 4.13. The Morgan fingerprint density at radius 3 is 2.36 bits per heavy atom. The van der Waals surface area contributed by atoms with Crippen molar-refractivity contribution >= 4 is 21.6 Å². The molecule has 152 valence electrons. The lowest BCUT2D eigenvalue weighted by Crippen LogP contribution is -2.50. The molecule has 28 heavy (non-hydrogen) atoms. The normalized spacial score (nSPS) is 12.3. The molecule has 0 aromatic heterocycles. The summed E-state index contributed by atoms with van der Waals surface area (Å²) < 4.78 is 31.6. The number of hydrogen-bond acceptors (Lipinski definition) is 4. The Morgan fingerprint density at radius 2 is 1.79 bits per heavy atom. The lowest BCUT2D eigenvalue weighted by Gasteiger charge is -2.30. The highest BCUT2D eigenvalue weighted by molar-refractivity contribution is 7.92. The van der Waals surface area contributed by atoms with E-state index >= 15 is 0 Å². The number of nitrogens with zero attached hydrogens (tertiary/aromatic N) is 1. The molecule has 1 amide bonds. The van der Waals surface area contributed by atoms with Gasteiger partial charge in [-0.05, 0) is 50.1 Å². The number of sulfonamides is 1. The average Bonchev–Trinajstić information content (AvgIpc) is 2.63. The maximum Gasteiger partial charge on any atom is 0.244 e. The van der Waals surface area contributed by atoms with E-state index in [1.54, 1.807) is 19.1 Å². The molecule has 0 spiro atoms. The highest BCUT2D eigenvalue weighted by Gasteiger charge is 2.31. The third-order valence-electron chi connectivity index (χ3n) is 4.28. The first-order valence-electron chi connectivity index (χ1n) is 9.25. The average molecular weight is 405 g/mol. The van der Waals surface area contributed by atoms with Gasteiger partial charge in [0.15, 0.2) is 0 Å². The molecular formula is C21H28N2O4S. The number of anilines is 1. The quantitative estimate of drug-likeness (QED) is 0.652. The van der Waals surface area contributed by atoms with Crippen LogP contribution >= 0.6 is 0 Å². The molecule has 7 heteroatoms. The summed E-state index contributed by atoms with van der Waals surface area (Å²) in [6, 6.07) is 13.9. The van der Waals surface area contributed by atoms with Gasteiger partial charge in [-0.15, -0.1) is 0 Å². The van der Waals surface area contributed by atoms with Crippen molar-refractivity contribution in [3.05, 3.63) is 59.7 Å². The van der Waals surface area contributed by atoms with Crippen molar-refractivity contribution in [3.63, 3.8) is 0 Å². The topological polar surface area (TPSA) is 75.7 Å². The Bertz CT molecular complexity index is 895.